The number of likely N-dealkylation sites (N-methyl/N-ethyl adjacent to an activating group) is 2. The van der Waals surface area contributed by atoms with Crippen LogP contribution in [-0.4, -0.2) is 159 Å². The first kappa shape index (κ1) is 66.5. The van der Waals surface area contributed by atoms with E-state index in [1.54, 1.807) is 71.1 Å². The summed E-state index contributed by atoms with van der Waals surface area (Å²) >= 11 is 0. The highest BCUT2D eigenvalue weighted by Gasteiger charge is 2.42. The second-order valence-electron chi connectivity index (χ2n) is 20.3. The number of esters is 2. The Balaban J connectivity index is 0.00000689. The first-order valence-corrected chi connectivity index (χ1v) is 27.1. The molecule has 2 aliphatic rings. The van der Waals surface area contributed by atoms with E-state index in [0.29, 0.717) is 110 Å². The first-order chi connectivity index (χ1) is 37.7. The molecule has 6 rings (SSSR count). The second kappa shape index (κ2) is 32.5. The van der Waals surface area contributed by atoms with Gasteiger partial charge in [-0.3, -0.25) is 9.59 Å². The highest BCUT2D eigenvalue weighted by Crippen LogP contribution is 2.47. The van der Waals surface area contributed by atoms with Crippen LogP contribution in [0.2, 0.25) is 0 Å². The predicted molar refractivity (Wildman–Crippen MR) is 298 cm³/mol. The summed E-state index contributed by atoms with van der Waals surface area (Å²) in [7, 11) is 21.0. The van der Waals surface area contributed by atoms with E-state index in [4.69, 9.17) is 61.6 Å². The van der Waals surface area contributed by atoms with Crippen LogP contribution in [0.3, 0.4) is 0 Å². The third-order valence-electron chi connectivity index (χ3n) is 15.5. The summed E-state index contributed by atoms with van der Waals surface area (Å²) in [4.78, 5) is 25.3. The van der Waals surface area contributed by atoms with Crippen LogP contribution in [0.25, 0.3) is 0 Å². The smallest absolute Gasteiger partial charge is 0.306 e. The van der Waals surface area contributed by atoms with E-state index in [9.17, 15) is 9.59 Å². The van der Waals surface area contributed by atoms with Crippen LogP contribution >= 0.6 is 0 Å². The molecule has 0 radical (unpaired) electrons. The molecule has 0 N–H and O–H groups in total. The number of halogens is 2. The summed E-state index contributed by atoms with van der Waals surface area (Å²) < 4.78 is 75.7. The molecule has 0 saturated heterocycles. The molecule has 0 aromatic heterocycles. The van der Waals surface area contributed by atoms with E-state index >= 15 is 0 Å². The van der Waals surface area contributed by atoms with Gasteiger partial charge in [-0.05, 0) is 83.6 Å². The minimum Gasteiger partial charge on any atom is -1.00 e. The summed E-state index contributed by atoms with van der Waals surface area (Å²) in [6.07, 6.45) is 10.8. The van der Waals surface area contributed by atoms with E-state index in [1.165, 1.54) is 22.3 Å². The number of benzene rings is 4. The van der Waals surface area contributed by atoms with Gasteiger partial charge >= 0.3 is 11.9 Å². The van der Waals surface area contributed by atoms with Crippen LogP contribution in [-0.2, 0) is 49.5 Å². The lowest BCUT2D eigenvalue weighted by atomic mass is 9.86. The molecule has 0 amide bonds. The van der Waals surface area contributed by atoms with Gasteiger partial charge in [-0.2, -0.15) is 0 Å². The number of carbonyl (C=O) groups excluding carboxylic acids is 2. The number of fused-ring (bicyclic) bond motifs is 2. The Morgan fingerprint density at radius 1 is 0.450 bits per heavy atom. The van der Waals surface area contributed by atoms with Crippen LogP contribution in [0.15, 0.2) is 60.7 Å². The predicted octanol–water partition coefficient (Wildman–Crippen LogP) is 3.44. The van der Waals surface area contributed by atoms with Gasteiger partial charge < -0.3 is 95.4 Å². The molecule has 0 bridgehead atoms. The van der Waals surface area contributed by atoms with Crippen molar-refractivity contribution in [2.45, 2.75) is 82.7 Å². The lowest BCUT2D eigenvalue weighted by molar-refractivity contribution is -0.941. The molecule has 80 heavy (non-hydrogen) atoms. The average Bonchev–Trinajstić information content (AvgIpc) is 3.50. The van der Waals surface area contributed by atoms with Crippen LogP contribution in [0, 0.1) is 0 Å². The summed E-state index contributed by atoms with van der Waals surface area (Å²) in [5.74, 6) is 5.90. The SMILES string of the molecule is COc1cc2c(cc1OC)[C@@H](Cc1cc(OC)c(OC)c(OC)c1)[N@+](C)(CCCOCCCOC(=O)CC/C=C/CCC(=O)OCCC[N@+]1(C)CCc3cc(OC)c(OC)cc3[C@H]1Cc1cc(OC)c(OC)c(OC)c1)CC2.[Cl-].[Cl-]. The molecule has 0 fully saturated rings. The zero-order valence-corrected chi connectivity index (χ0v) is 50.6. The molecule has 0 unspecified atom stereocenters. The third kappa shape index (κ3) is 16.8. The lowest BCUT2D eigenvalue weighted by Crippen LogP contribution is -3.00. The number of allylic oxidation sites excluding steroid dienone is 2. The number of hydrogen-bond donors (Lipinski definition) is 0. The van der Waals surface area contributed by atoms with Crippen molar-refractivity contribution in [1.82, 2.24) is 0 Å². The van der Waals surface area contributed by atoms with Crippen molar-refractivity contribution in [1.29, 1.82) is 0 Å². The molecular formula is C61H86Cl2N2O15. The second-order valence-corrected chi connectivity index (χ2v) is 20.3. The molecule has 4 aromatic rings. The molecule has 4 atom stereocenters. The number of nitrogens with zero attached hydrogens (tertiary/aromatic N) is 2. The molecule has 0 spiro atoms. The van der Waals surface area contributed by atoms with Crippen LogP contribution in [0.4, 0.5) is 0 Å². The zero-order valence-electron chi connectivity index (χ0n) is 49.1. The normalized spacial score (nSPS) is 18.1. The Hall–Kier alpha value is -5.98. The van der Waals surface area contributed by atoms with Crippen molar-refractivity contribution >= 4 is 11.9 Å². The fraction of sp³-hybridized carbons (Fsp3) is 0.541. The topological polar surface area (TPSA) is 154 Å². The lowest BCUT2D eigenvalue weighted by Gasteiger charge is -2.46. The molecular weight excluding hydrogens is 1070 g/mol. The minimum atomic E-state index is -0.257. The Morgan fingerprint density at radius 2 is 0.787 bits per heavy atom. The monoisotopic (exact) mass is 1160 g/mol. The Kier molecular flexibility index (Phi) is 27.0. The van der Waals surface area contributed by atoms with Gasteiger partial charge in [0.25, 0.3) is 0 Å². The Bertz CT molecular complexity index is 2600. The largest absolute Gasteiger partial charge is 1.00 e. The Labute approximate surface area is 486 Å². The third-order valence-corrected chi connectivity index (χ3v) is 15.5. The number of hydrogen-bond acceptors (Lipinski definition) is 15. The molecule has 0 aliphatic carbocycles. The summed E-state index contributed by atoms with van der Waals surface area (Å²) in [6, 6.07) is 16.7. The fourth-order valence-electron chi connectivity index (χ4n) is 11.2. The van der Waals surface area contributed by atoms with E-state index in [1.807, 2.05) is 36.4 Å². The van der Waals surface area contributed by atoms with Crippen molar-refractivity contribution in [3.05, 3.63) is 94.1 Å². The van der Waals surface area contributed by atoms with Crippen LogP contribution in [0.5, 0.6) is 57.5 Å². The van der Waals surface area contributed by atoms with E-state index < -0.39 is 0 Å². The number of rotatable bonds is 32. The van der Waals surface area contributed by atoms with Crippen molar-refractivity contribution in [3.63, 3.8) is 0 Å². The van der Waals surface area contributed by atoms with Crippen molar-refractivity contribution in [2.24, 2.45) is 0 Å². The quantitative estimate of drug-likeness (QED) is 0.0304. The van der Waals surface area contributed by atoms with Gasteiger partial charge in [0.1, 0.15) is 12.1 Å². The van der Waals surface area contributed by atoms with Gasteiger partial charge in [0.2, 0.25) is 11.5 Å². The first-order valence-electron chi connectivity index (χ1n) is 27.1. The van der Waals surface area contributed by atoms with Gasteiger partial charge in [0.15, 0.2) is 46.0 Å². The molecule has 2 aliphatic heterocycles. The zero-order chi connectivity index (χ0) is 56.2. The van der Waals surface area contributed by atoms with E-state index in [0.717, 1.165) is 77.7 Å². The van der Waals surface area contributed by atoms with E-state index in [-0.39, 0.29) is 61.7 Å². The number of carbonyl (C=O) groups is 2. The van der Waals surface area contributed by atoms with Crippen LogP contribution in [0.1, 0.15) is 90.4 Å². The molecule has 17 nitrogen and oxygen atoms in total. The summed E-state index contributed by atoms with van der Waals surface area (Å²) in [5.41, 5.74) is 7.03. The van der Waals surface area contributed by atoms with Gasteiger partial charge in [-0.1, -0.05) is 12.2 Å². The molecule has 19 heteroatoms. The van der Waals surface area contributed by atoms with Gasteiger partial charge in [-0.15, -0.1) is 0 Å². The molecule has 0 saturated carbocycles. The maximum absolute atomic E-state index is 12.8. The average molecular weight is 1160 g/mol. The molecule has 4 aromatic carbocycles. The van der Waals surface area contributed by atoms with Crippen molar-refractivity contribution < 1.29 is 105 Å². The maximum atomic E-state index is 12.8. The fourth-order valence-corrected chi connectivity index (χ4v) is 11.2. The minimum absolute atomic E-state index is 0. The molecule has 2 heterocycles. The Morgan fingerprint density at radius 3 is 1.15 bits per heavy atom. The number of quaternary nitrogens is 2. The van der Waals surface area contributed by atoms with E-state index in [2.05, 4.69) is 38.4 Å². The number of methoxy groups -OCH3 is 10. The maximum Gasteiger partial charge on any atom is 0.306 e. The molecule has 444 valence electrons. The van der Waals surface area contributed by atoms with Crippen LogP contribution < -0.4 is 72.2 Å². The number of ether oxygens (including phenoxy) is 13. The highest BCUT2D eigenvalue weighted by molar-refractivity contribution is 5.70. The summed E-state index contributed by atoms with van der Waals surface area (Å²) in [5, 5.41) is 0. The van der Waals surface area contributed by atoms with Gasteiger partial charge in [0.05, 0.1) is 131 Å². The highest BCUT2D eigenvalue weighted by atomic mass is 35.5. The van der Waals surface area contributed by atoms with Gasteiger partial charge in [0, 0.05) is 75.5 Å². The standard InChI is InChI=1S/C61H86N2O15.2ClH/c1-62(26-22-44-38-50(66-3)52(68-5)40-46(44)48(62)32-42-34-54(70-7)60(74-11)55(35-42)71-8)24-17-28-76-29-19-31-78-59(65)21-16-14-13-15-20-58(64)77-30-18-25-63(2)27-23-45-39-51(67-4)53(69-6)41-47(45)49(63)33-43-36-56(72-9)61(75-12)57(37-43)73-10;;/h13-14,34-41,48-49H,15-33H2,1-12H3;2*1H/q+2;;/p-2/b14-13+;;/t48-,49-,62-,63-;;/m1../s1. The van der Waals surface area contributed by atoms with Crippen molar-refractivity contribution in [3.8, 4) is 57.5 Å². The van der Waals surface area contributed by atoms with Gasteiger partial charge in [-0.25, -0.2) is 0 Å². The van der Waals surface area contributed by atoms with Crippen molar-refractivity contribution in [2.75, 3.05) is 138 Å². The summed E-state index contributed by atoms with van der Waals surface area (Å²) in [6.45, 7) is 5.25.